The molecule has 116 valence electrons. The first-order chi connectivity index (χ1) is 9.63. The van der Waals surface area contributed by atoms with Crippen molar-refractivity contribution in [3.8, 4) is 0 Å². The SMILES string of the molecule is CCCCCN(C(=O)C1CC2CCCCC2N1)C(C)C. The summed E-state index contributed by atoms with van der Waals surface area (Å²) < 4.78 is 0. The van der Waals surface area contributed by atoms with E-state index < -0.39 is 0 Å². The lowest BCUT2D eigenvalue weighted by Gasteiger charge is -2.29. The fraction of sp³-hybridized carbons (Fsp3) is 0.941. The minimum absolute atomic E-state index is 0.0899. The van der Waals surface area contributed by atoms with Crippen molar-refractivity contribution in [2.24, 2.45) is 5.92 Å². The monoisotopic (exact) mass is 280 g/mol. The van der Waals surface area contributed by atoms with Crippen LogP contribution in [-0.2, 0) is 4.79 Å². The zero-order chi connectivity index (χ0) is 14.5. The molecule has 1 aliphatic carbocycles. The maximum Gasteiger partial charge on any atom is 0.239 e. The summed E-state index contributed by atoms with van der Waals surface area (Å²) in [4.78, 5) is 14.9. The Hall–Kier alpha value is -0.570. The molecule has 1 saturated carbocycles. The smallest absolute Gasteiger partial charge is 0.239 e. The van der Waals surface area contributed by atoms with E-state index in [1.165, 1.54) is 38.5 Å². The van der Waals surface area contributed by atoms with Crippen LogP contribution in [0.4, 0.5) is 0 Å². The molecular formula is C17H32N2O. The Morgan fingerprint density at radius 2 is 2.00 bits per heavy atom. The largest absolute Gasteiger partial charge is 0.339 e. The molecule has 1 N–H and O–H groups in total. The highest BCUT2D eigenvalue weighted by molar-refractivity contribution is 5.82. The van der Waals surface area contributed by atoms with Crippen molar-refractivity contribution >= 4 is 5.91 Å². The number of nitrogens with one attached hydrogen (secondary N) is 1. The van der Waals surface area contributed by atoms with E-state index in [2.05, 4.69) is 31.0 Å². The zero-order valence-electron chi connectivity index (χ0n) is 13.5. The van der Waals surface area contributed by atoms with Crippen LogP contribution >= 0.6 is 0 Å². The zero-order valence-corrected chi connectivity index (χ0v) is 13.5. The maximum absolute atomic E-state index is 12.8. The summed E-state index contributed by atoms with van der Waals surface area (Å²) >= 11 is 0. The Labute approximate surface area is 124 Å². The molecule has 2 rings (SSSR count). The highest BCUT2D eigenvalue weighted by Crippen LogP contribution is 2.33. The summed E-state index contributed by atoms with van der Waals surface area (Å²) in [6.07, 6.45) is 9.92. The van der Waals surface area contributed by atoms with Gasteiger partial charge < -0.3 is 10.2 Å². The molecule has 1 aliphatic heterocycles. The molecule has 3 atom stereocenters. The predicted octanol–water partition coefficient (Wildman–Crippen LogP) is 3.33. The van der Waals surface area contributed by atoms with Crippen LogP contribution in [0.25, 0.3) is 0 Å². The minimum Gasteiger partial charge on any atom is -0.339 e. The third-order valence-electron chi connectivity index (χ3n) is 5.07. The highest BCUT2D eigenvalue weighted by atomic mass is 16.2. The first-order valence-corrected chi connectivity index (χ1v) is 8.70. The van der Waals surface area contributed by atoms with Gasteiger partial charge in [0.25, 0.3) is 0 Å². The van der Waals surface area contributed by atoms with Gasteiger partial charge in [-0.2, -0.15) is 0 Å². The first-order valence-electron chi connectivity index (χ1n) is 8.70. The van der Waals surface area contributed by atoms with Crippen molar-refractivity contribution in [3.05, 3.63) is 0 Å². The van der Waals surface area contributed by atoms with E-state index in [9.17, 15) is 4.79 Å². The molecular weight excluding hydrogens is 248 g/mol. The van der Waals surface area contributed by atoms with Gasteiger partial charge in [0.2, 0.25) is 5.91 Å². The van der Waals surface area contributed by atoms with Crippen molar-refractivity contribution in [1.29, 1.82) is 0 Å². The molecule has 0 bridgehead atoms. The lowest BCUT2D eigenvalue weighted by Crippen LogP contribution is -2.48. The molecule has 1 amide bonds. The van der Waals surface area contributed by atoms with Gasteiger partial charge in [-0.05, 0) is 45.4 Å². The fourth-order valence-electron chi connectivity index (χ4n) is 3.87. The molecule has 3 heteroatoms. The van der Waals surface area contributed by atoms with Crippen LogP contribution < -0.4 is 5.32 Å². The van der Waals surface area contributed by atoms with Crippen molar-refractivity contribution in [2.45, 2.75) is 90.3 Å². The van der Waals surface area contributed by atoms with E-state index in [1.807, 2.05) is 0 Å². The van der Waals surface area contributed by atoms with E-state index in [0.717, 1.165) is 25.3 Å². The molecule has 1 saturated heterocycles. The normalized spacial score (nSPS) is 29.5. The second-order valence-corrected chi connectivity index (χ2v) is 6.94. The topological polar surface area (TPSA) is 32.3 Å². The number of unbranched alkanes of at least 4 members (excludes halogenated alkanes) is 2. The molecule has 0 aromatic carbocycles. The second-order valence-electron chi connectivity index (χ2n) is 6.94. The number of hydrogen-bond acceptors (Lipinski definition) is 2. The van der Waals surface area contributed by atoms with Gasteiger partial charge in [-0.1, -0.05) is 32.6 Å². The molecule has 1 heterocycles. The molecule has 20 heavy (non-hydrogen) atoms. The Balaban J connectivity index is 1.90. The Morgan fingerprint density at radius 3 is 2.65 bits per heavy atom. The number of carbonyl (C=O) groups excluding carboxylic acids is 1. The fourth-order valence-corrected chi connectivity index (χ4v) is 3.87. The van der Waals surface area contributed by atoms with Gasteiger partial charge in [-0.3, -0.25) is 4.79 Å². The van der Waals surface area contributed by atoms with Crippen LogP contribution in [-0.4, -0.2) is 35.5 Å². The van der Waals surface area contributed by atoms with Crippen molar-refractivity contribution < 1.29 is 4.79 Å². The van der Waals surface area contributed by atoms with Crippen LogP contribution in [0, 0.1) is 5.92 Å². The molecule has 0 spiro atoms. The Morgan fingerprint density at radius 1 is 1.25 bits per heavy atom. The van der Waals surface area contributed by atoms with E-state index >= 15 is 0 Å². The van der Waals surface area contributed by atoms with Gasteiger partial charge in [-0.25, -0.2) is 0 Å². The third-order valence-corrected chi connectivity index (χ3v) is 5.07. The summed E-state index contributed by atoms with van der Waals surface area (Å²) in [6.45, 7) is 7.43. The van der Waals surface area contributed by atoms with Crippen LogP contribution in [0.5, 0.6) is 0 Å². The molecule has 3 nitrogen and oxygen atoms in total. The standard InChI is InChI=1S/C17H32N2O/c1-4-5-8-11-19(13(2)3)17(20)16-12-14-9-6-7-10-15(14)18-16/h13-16,18H,4-12H2,1-3H3. The molecule has 3 unspecified atom stereocenters. The summed E-state index contributed by atoms with van der Waals surface area (Å²) in [7, 11) is 0. The average molecular weight is 280 g/mol. The summed E-state index contributed by atoms with van der Waals surface area (Å²) in [5.41, 5.74) is 0. The average Bonchev–Trinajstić information content (AvgIpc) is 2.86. The minimum atomic E-state index is 0.0899. The molecule has 2 aliphatic rings. The lowest BCUT2D eigenvalue weighted by atomic mass is 9.85. The third kappa shape index (κ3) is 3.75. The number of fused-ring (bicyclic) bond motifs is 1. The van der Waals surface area contributed by atoms with Crippen molar-refractivity contribution in [1.82, 2.24) is 10.2 Å². The van der Waals surface area contributed by atoms with Crippen LogP contribution in [0.2, 0.25) is 0 Å². The van der Waals surface area contributed by atoms with E-state index in [4.69, 9.17) is 0 Å². The van der Waals surface area contributed by atoms with Gasteiger partial charge in [0.15, 0.2) is 0 Å². The van der Waals surface area contributed by atoms with Gasteiger partial charge in [0, 0.05) is 18.6 Å². The number of amides is 1. The summed E-state index contributed by atoms with van der Waals surface area (Å²) in [5, 5.41) is 3.63. The maximum atomic E-state index is 12.8. The van der Waals surface area contributed by atoms with Crippen LogP contribution in [0.15, 0.2) is 0 Å². The Bertz CT molecular complexity index is 302. The summed E-state index contributed by atoms with van der Waals surface area (Å²) in [6, 6.07) is 1.03. The number of carbonyl (C=O) groups is 1. The number of nitrogens with zero attached hydrogens (tertiary/aromatic N) is 1. The van der Waals surface area contributed by atoms with Crippen molar-refractivity contribution in [3.63, 3.8) is 0 Å². The second kappa shape index (κ2) is 7.44. The molecule has 2 fully saturated rings. The molecule has 0 aromatic heterocycles. The van der Waals surface area contributed by atoms with Crippen LogP contribution in [0.1, 0.15) is 72.1 Å². The van der Waals surface area contributed by atoms with Crippen molar-refractivity contribution in [2.75, 3.05) is 6.54 Å². The molecule has 0 aromatic rings. The molecule has 0 radical (unpaired) electrons. The quantitative estimate of drug-likeness (QED) is 0.757. The van der Waals surface area contributed by atoms with Gasteiger partial charge >= 0.3 is 0 Å². The lowest BCUT2D eigenvalue weighted by molar-refractivity contribution is -0.135. The first kappa shape index (κ1) is 15.8. The number of hydrogen-bond donors (Lipinski definition) is 1. The predicted molar refractivity (Wildman–Crippen MR) is 83.7 cm³/mol. The van der Waals surface area contributed by atoms with Gasteiger partial charge in [0.05, 0.1) is 6.04 Å². The van der Waals surface area contributed by atoms with E-state index in [0.29, 0.717) is 18.0 Å². The van der Waals surface area contributed by atoms with Crippen LogP contribution in [0.3, 0.4) is 0 Å². The Kier molecular flexibility index (Phi) is 5.88. The number of rotatable bonds is 6. The van der Waals surface area contributed by atoms with Gasteiger partial charge in [-0.15, -0.1) is 0 Å². The van der Waals surface area contributed by atoms with Gasteiger partial charge in [0.1, 0.15) is 0 Å². The van der Waals surface area contributed by atoms with E-state index in [1.54, 1.807) is 0 Å². The van der Waals surface area contributed by atoms with E-state index in [-0.39, 0.29) is 6.04 Å². The highest BCUT2D eigenvalue weighted by Gasteiger charge is 2.39. The summed E-state index contributed by atoms with van der Waals surface area (Å²) in [5.74, 6) is 1.10.